The first-order chi connectivity index (χ1) is 9.54. The van der Waals surface area contributed by atoms with Crippen LogP contribution in [0.2, 0.25) is 0 Å². The highest BCUT2D eigenvalue weighted by Gasteiger charge is 2.27. The molecule has 0 saturated heterocycles. The minimum atomic E-state index is -0.725. The second-order valence-electron chi connectivity index (χ2n) is 5.23. The Hall–Kier alpha value is -1.85. The lowest BCUT2D eigenvalue weighted by Crippen LogP contribution is -2.37. The van der Waals surface area contributed by atoms with Gasteiger partial charge in [0, 0.05) is 6.54 Å². The molecular weight excluding hydrogens is 262 g/mol. The Bertz CT molecular complexity index is 550. The zero-order valence-electron chi connectivity index (χ0n) is 11.5. The van der Waals surface area contributed by atoms with E-state index in [1.54, 1.807) is 6.92 Å². The molecule has 0 aliphatic heterocycles. The fourth-order valence-corrected chi connectivity index (χ4v) is 2.67. The predicted octanol–water partition coefficient (Wildman–Crippen LogP) is 0.984. The first-order valence-electron chi connectivity index (χ1n) is 6.97. The predicted molar refractivity (Wildman–Crippen MR) is 74.1 cm³/mol. The van der Waals surface area contributed by atoms with Gasteiger partial charge in [-0.05, 0) is 38.5 Å². The number of aliphatic carboxylic acids is 1. The Morgan fingerprint density at radius 1 is 1.25 bits per heavy atom. The zero-order chi connectivity index (χ0) is 14.7. The minimum Gasteiger partial charge on any atom is -0.488 e. The molecule has 6 heteroatoms. The largest absolute Gasteiger partial charge is 0.488 e. The van der Waals surface area contributed by atoms with Crippen molar-refractivity contribution in [3.63, 3.8) is 0 Å². The summed E-state index contributed by atoms with van der Waals surface area (Å²) in [6.07, 6.45) is 2.99. The van der Waals surface area contributed by atoms with Crippen LogP contribution in [-0.2, 0) is 4.79 Å². The number of rotatable bonds is 6. The molecule has 0 atom stereocenters. The van der Waals surface area contributed by atoms with Crippen molar-refractivity contribution < 1.29 is 14.6 Å². The lowest BCUT2D eigenvalue weighted by molar-refractivity contribution is -0.143. The average molecular weight is 281 g/mol. The maximum Gasteiger partial charge on any atom is 0.306 e. The summed E-state index contributed by atoms with van der Waals surface area (Å²) in [6.45, 7) is 2.69. The maximum absolute atomic E-state index is 11.4. The molecule has 0 heterocycles. The van der Waals surface area contributed by atoms with Gasteiger partial charge < -0.3 is 15.2 Å². The normalized spacial score (nSPS) is 22.6. The third-order valence-electron chi connectivity index (χ3n) is 3.92. The molecular formula is C14H19NO5. The van der Waals surface area contributed by atoms with Gasteiger partial charge in [0.2, 0.25) is 0 Å². The number of carbonyl (C=O) groups is 1. The number of ether oxygens (including phenoxy) is 1. The van der Waals surface area contributed by atoms with Crippen LogP contribution in [0.25, 0.3) is 0 Å². The van der Waals surface area contributed by atoms with Crippen molar-refractivity contribution in [2.24, 2.45) is 11.8 Å². The molecule has 110 valence electrons. The van der Waals surface area contributed by atoms with E-state index < -0.39 is 16.8 Å². The van der Waals surface area contributed by atoms with Gasteiger partial charge in [0.25, 0.3) is 10.9 Å². The highest BCUT2D eigenvalue weighted by Crippen LogP contribution is 2.29. The molecule has 1 fully saturated rings. The van der Waals surface area contributed by atoms with Crippen molar-refractivity contribution in [2.75, 3.05) is 18.5 Å². The van der Waals surface area contributed by atoms with E-state index in [0.29, 0.717) is 31.9 Å². The van der Waals surface area contributed by atoms with Gasteiger partial charge in [-0.2, -0.15) is 0 Å². The van der Waals surface area contributed by atoms with E-state index in [9.17, 15) is 14.4 Å². The van der Waals surface area contributed by atoms with Gasteiger partial charge in [-0.15, -0.1) is 0 Å². The van der Waals surface area contributed by atoms with Crippen molar-refractivity contribution in [1.82, 2.24) is 0 Å². The maximum atomic E-state index is 11.4. The molecule has 1 aromatic carbocycles. The molecule has 6 nitrogen and oxygen atoms in total. The lowest BCUT2D eigenvalue weighted by Gasteiger charge is -2.26. The Balaban J connectivity index is 1.85. The quantitative estimate of drug-likeness (QED) is 0.755. The highest BCUT2D eigenvalue weighted by atomic mass is 16.5. The van der Waals surface area contributed by atoms with Gasteiger partial charge in [-0.3, -0.25) is 14.4 Å². The average Bonchev–Trinajstić information content (AvgIpc) is 2.46. The minimum absolute atomic E-state index is 0.136. The Morgan fingerprint density at radius 2 is 1.90 bits per heavy atom. The van der Waals surface area contributed by atoms with Crippen molar-refractivity contribution in [2.45, 2.75) is 32.6 Å². The number of anilines is 1. The fraction of sp³-hybridized carbons (Fsp3) is 0.643. The van der Waals surface area contributed by atoms with Crippen LogP contribution in [0.4, 0.5) is 5.69 Å². The second-order valence-corrected chi connectivity index (χ2v) is 5.23. The third-order valence-corrected chi connectivity index (χ3v) is 3.92. The van der Waals surface area contributed by atoms with E-state index in [-0.39, 0.29) is 17.4 Å². The van der Waals surface area contributed by atoms with Gasteiger partial charge in [0.15, 0.2) is 5.75 Å². The van der Waals surface area contributed by atoms with Crippen LogP contribution in [0.1, 0.15) is 32.6 Å². The van der Waals surface area contributed by atoms with E-state index in [1.807, 2.05) is 0 Å². The number of hydrogen-bond acceptors (Lipinski definition) is 5. The SMILES string of the molecule is CCOc1c(NC[C@H]2CC[C@H](C(=O)O)CC2)c(=O)c1=O. The first-order valence-corrected chi connectivity index (χ1v) is 6.97. The van der Waals surface area contributed by atoms with Crippen molar-refractivity contribution in [3.05, 3.63) is 20.4 Å². The van der Waals surface area contributed by atoms with E-state index in [1.165, 1.54) is 0 Å². The van der Waals surface area contributed by atoms with E-state index in [0.717, 1.165) is 12.8 Å². The molecule has 1 aliphatic carbocycles. The standard InChI is InChI=1S/C14H19NO5/c1-2-20-13-10(11(16)12(13)17)15-7-8-3-5-9(6-4-8)14(18)19/h8-9,15H,2-7H2,1H3,(H,18,19)/t8-,9-. The fourth-order valence-electron chi connectivity index (χ4n) is 2.67. The van der Waals surface area contributed by atoms with Gasteiger partial charge in [-0.1, -0.05) is 0 Å². The van der Waals surface area contributed by atoms with Crippen LogP contribution in [0, 0.1) is 11.8 Å². The number of carboxylic acids is 1. The summed E-state index contributed by atoms with van der Waals surface area (Å²) in [6, 6.07) is 0. The summed E-state index contributed by atoms with van der Waals surface area (Å²) < 4.78 is 5.13. The van der Waals surface area contributed by atoms with Crippen LogP contribution in [0.5, 0.6) is 5.75 Å². The summed E-state index contributed by atoms with van der Waals surface area (Å²) >= 11 is 0. The van der Waals surface area contributed by atoms with E-state index in [4.69, 9.17) is 9.84 Å². The first kappa shape index (κ1) is 14.6. The molecule has 1 aliphatic rings. The van der Waals surface area contributed by atoms with Crippen LogP contribution in [-0.4, -0.2) is 24.2 Å². The summed E-state index contributed by atoms with van der Waals surface area (Å²) in [5.74, 6) is -0.491. The summed E-state index contributed by atoms with van der Waals surface area (Å²) in [5, 5.41) is 11.9. The molecule has 20 heavy (non-hydrogen) atoms. The zero-order valence-corrected chi connectivity index (χ0v) is 11.5. The second kappa shape index (κ2) is 6.07. The molecule has 0 radical (unpaired) electrons. The Kier molecular flexibility index (Phi) is 4.42. The molecule has 2 N–H and O–H groups in total. The van der Waals surface area contributed by atoms with Gasteiger partial charge in [0.05, 0.1) is 12.5 Å². The van der Waals surface area contributed by atoms with Crippen LogP contribution >= 0.6 is 0 Å². The lowest BCUT2D eigenvalue weighted by atomic mass is 9.82. The molecule has 0 aromatic heterocycles. The van der Waals surface area contributed by atoms with Gasteiger partial charge >= 0.3 is 5.97 Å². The number of hydrogen-bond donors (Lipinski definition) is 2. The monoisotopic (exact) mass is 281 g/mol. The third kappa shape index (κ3) is 2.84. The summed E-state index contributed by atoms with van der Waals surface area (Å²) in [4.78, 5) is 33.6. The van der Waals surface area contributed by atoms with Crippen molar-refractivity contribution >= 4 is 11.7 Å². The van der Waals surface area contributed by atoms with Gasteiger partial charge in [-0.25, -0.2) is 0 Å². The summed E-state index contributed by atoms with van der Waals surface area (Å²) in [5.41, 5.74) is -0.811. The molecule has 1 saturated carbocycles. The number of carboxylic acid groups (broad SMARTS) is 1. The van der Waals surface area contributed by atoms with Crippen LogP contribution < -0.4 is 20.9 Å². The molecule has 1 aromatic rings. The molecule has 0 spiro atoms. The highest BCUT2D eigenvalue weighted by molar-refractivity contribution is 5.70. The number of nitrogens with one attached hydrogen (secondary N) is 1. The smallest absolute Gasteiger partial charge is 0.306 e. The van der Waals surface area contributed by atoms with E-state index >= 15 is 0 Å². The molecule has 2 rings (SSSR count). The molecule has 0 bridgehead atoms. The van der Waals surface area contributed by atoms with E-state index in [2.05, 4.69) is 5.32 Å². The van der Waals surface area contributed by atoms with Gasteiger partial charge in [0.1, 0.15) is 5.69 Å². The molecule has 0 amide bonds. The van der Waals surface area contributed by atoms with Crippen molar-refractivity contribution in [3.8, 4) is 5.75 Å². The van der Waals surface area contributed by atoms with Crippen molar-refractivity contribution in [1.29, 1.82) is 0 Å². The van der Waals surface area contributed by atoms with Crippen LogP contribution in [0.15, 0.2) is 9.59 Å². The topological polar surface area (TPSA) is 92.7 Å². The molecule has 0 unspecified atom stereocenters. The Labute approximate surface area is 116 Å². The summed E-state index contributed by atoms with van der Waals surface area (Å²) in [7, 11) is 0. The van der Waals surface area contributed by atoms with Crippen LogP contribution in [0.3, 0.4) is 0 Å². The Morgan fingerprint density at radius 3 is 2.45 bits per heavy atom.